The van der Waals surface area contributed by atoms with E-state index in [0.717, 1.165) is 26.1 Å². The van der Waals surface area contributed by atoms with Gasteiger partial charge in [-0.25, -0.2) is 0 Å². The van der Waals surface area contributed by atoms with Crippen molar-refractivity contribution in [2.24, 2.45) is 0 Å². The number of hydrogen-bond acceptors (Lipinski definition) is 2. The first-order valence-corrected chi connectivity index (χ1v) is 6.89. The Balaban J connectivity index is 2.02. The minimum Gasteiger partial charge on any atom is -0.319 e. The lowest BCUT2D eigenvalue weighted by Crippen LogP contribution is -2.29. The second-order valence-corrected chi connectivity index (χ2v) is 5.17. The standard InChI is InChI=1S/C16H24N2/c1-14-6-5-11-18(12-14)13-16-8-4-3-7-15(16)9-10-17-2/h3-4,6-8,17H,5,9-13H2,1-2H3. The average molecular weight is 244 g/mol. The summed E-state index contributed by atoms with van der Waals surface area (Å²) in [6, 6.07) is 8.85. The smallest absolute Gasteiger partial charge is 0.0240 e. The Bertz CT molecular complexity index is 409. The van der Waals surface area contributed by atoms with Gasteiger partial charge in [-0.15, -0.1) is 0 Å². The number of rotatable bonds is 5. The summed E-state index contributed by atoms with van der Waals surface area (Å²) in [5, 5.41) is 3.23. The van der Waals surface area contributed by atoms with Crippen LogP contribution in [0.3, 0.4) is 0 Å². The molecule has 1 aliphatic heterocycles. The number of nitrogens with zero attached hydrogens (tertiary/aromatic N) is 1. The van der Waals surface area contributed by atoms with Crippen LogP contribution < -0.4 is 5.32 Å². The Morgan fingerprint density at radius 3 is 2.72 bits per heavy atom. The molecule has 0 saturated heterocycles. The molecule has 0 amide bonds. The van der Waals surface area contributed by atoms with Crippen LogP contribution in [-0.4, -0.2) is 31.6 Å². The molecule has 18 heavy (non-hydrogen) atoms. The lowest BCUT2D eigenvalue weighted by Gasteiger charge is -2.26. The van der Waals surface area contributed by atoms with E-state index in [1.54, 1.807) is 0 Å². The number of nitrogens with one attached hydrogen (secondary N) is 1. The van der Waals surface area contributed by atoms with Crippen molar-refractivity contribution in [1.29, 1.82) is 0 Å². The SMILES string of the molecule is CNCCc1ccccc1CN1CCC=C(C)C1. The summed E-state index contributed by atoms with van der Waals surface area (Å²) in [7, 11) is 2.02. The Kier molecular flexibility index (Phi) is 4.97. The molecule has 0 fully saturated rings. The third kappa shape index (κ3) is 3.69. The molecule has 2 heteroatoms. The quantitative estimate of drug-likeness (QED) is 0.801. The van der Waals surface area contributed by atoms with Crippen molar-refractivity contribution >= 4 is 0 Å². The van der Waals surface area contributed by atoms with E-state index in [9.17, 15) is 0 Å². The molecule has 0 spiro atoms. The second-order valence-electron chi connectivity index (χ2n) is 5.17. The van der Waals surface area contributed by atoms with Gasteiger partial charge in [0.25, 0.3) is 0 Å². The molecule has 2 nitrogen and oxygen atoms in total. The normalized spacial score (nSPS) is 16.7. The van der Waals surface area contributed by atoms with Crippen molar-refractivity contribution in [3.8, 4) is 0 Å². The highest BCUT2D eigenvalue weighted by molar-refractivity contribution is 5.27. The van der Waals surface area contributed by atoms with E-state index in [4.69, 9.17) is 0 Å². The summed E-state index contributed by atoms with van der Waals surface area (Å²) < 4.78 is 0. The highest BCUT2D eigenvalue weighted by atomic mass is 15.1. The van der Waals surface area contributed by atoms with E-state index in [1.807, 2.05) is 7.05 Å². The summed E-state index contributed by atoms with van der Waals surface area (Å²) >= 11 is 0. The van der Waals surface area contributed by atoms with Crippen molar-refractivity contribution in [3.63, 3.8) is 0 Å². The maximum absolute atomic E-state index is 3.23. The number of benzene rings is 1. The minimum atomic E-state index is 1.05. The van der Waals surface area contributed by atoms with Gasteiger partial charge >= 0.3 is 0 Å². The summed E-state index contributed by atoms with van der Waals surface area (Å²) in [5.41, 5.74) is 4.48. The highest BCUT2D eigenvalue weighted by Crippen LogP contribution is 2.16. The molecular formula is C16H24N2. The fraction of sp³-hybridized carbons (Fsp3) is 0.500. The van der Waals surface area contributed by atoms with E-state index in [-0.39, 0.29) is 0 Å². The zero-order valence-corrected chi connectivity index (χ0v) is 11.6. The van der Waals surface area contributed by atoms with Gasteiger partial charge in [0.2, 0.25) is 0 Å². The minimum absolute atomic E-state index is 1.05. The van der Waals surface area contributed by atoms with Gasteiger partial charge in [-0.05, 0) is 44.5 Å². The maximum atomic E-state index is 3.23. The fourth-order valence-electron chi connectivity index (χ4n) is 2.58. The van der Waals surface area contributed by atoms with Gasteiger partial charge in [-0.1, -0.05) is 35.9 Å². The van der Waals surface area contributed by atoms with Gasteiger partial charge in [-0.2, -0.15) is 0 Å². The van der Waals surface area contributed by atoms with Crippen molar-refractivity contribution in [1.82, 2.24) is 10.2 Å². The van der Waals surface area contributed by atoms with Crippen molar-refractivity contribution in [2.75, 3.05) is 26.7 Å². The van der Waals surface area contributed by atoms with Crippen LogP contribution in [-0.2, 0) is 13.0 Å². The van der Waals surface area contributed by atoms with E-state index in [1.165, 1.54) is 29.7 Å². The van der Waals surface area contributed by atoms with E-state index < -0.39 is 0 Å². The molecule has 0 aromatic heterocycles. The molecule has 1 aromatic rings. The van der Waals surface area contributed by atoms with Crippen LogP contribution in [0.5, 0.6) is 0 Å². The van der Waals surface area contributed by atoms with E-state index >= 15 is 0 Å². The lowest BCUT2D eigenvalue weighted by molar-refractivity contribution is 0.281. The van der Waals surface area contributed by atoms with Crippen LogP contribution >= 0.6 is 0 Å². The zero-order valence-electron chi connectivity index (χ0n) is 11.6. The zero-order chi connectivity index (χ0) is 12.8. The molecule has 98 valence electrons. The lowest BCUT2D eigenvalue weighted by atomic mass is 10.0. The second kappa shape index (κ2) is 6.72. The first-order chi connectivity index (χ1) is 8.79. The van der Waals surface area contributed by atoms with Gasteiger partial charge in [-0.3, -0.25) is 4.90 Å². The molecular weight excluding hydrogens is 220 g/mol. The monoisotopic (exact) mass is 244 g/mol. The molecule has 1 aromatic carbocycles. The molecule has 1 aliphatic rings. The Labute approximate surface area is 111 Å². The summed E-state index contributed by atoms with van der Waals surface area (Å²) in [6.45, 7) is 6.69. The molecule has 1 heterocycles. The molecule has 0 radical (unpaired) electrons. The van der Waals surface area contributed by atoms with E-state index in [0.29, 0.717) is 0 Å². The molecule has 1 N–H and O–H groups in total. The van der Waals surface area contributed by atoms with Crippen molar-refractivity contribution in [3.05, 3.63) is 47.0 Å². The van der Waals surface area contributed by atoms with Crippen LogP contribution in [0.15, 0.2) is 35.9 Å². The summed E-state index contributed by atoms with van der Waals surface area (Å²) in [4.78, 5) is 2.55. The van der Waals surface area contributed by atoms with Crippen LogP contribution in [0.1, 0.15) is 24.5 Å². The van der Waals surface area contributed by atoms with Crippen LogP contribution in [0.2, 0.25) is 0 Å². The van der Waals surface area contributed by atoms with Crippen LogP contribution in [0, 0.1) is 0 Å². The van der Waals surface area contributed by atoms with Crippen molar-refractivity contribution in [2.45, 2.75) is 26.3 Å². The predicted molar refractivity (Wildman–Crippen MR) is 77.7 cm³/mol. The Hall–Kier alpha value is -1.12. The van der Waals surface area contributed by atoms with Gasteiger partial charge < -0.3 is 5.32 Å². The maximum Gasteiger partial charge on any atom is 0.0240 e. The van der Waals surface area contributed by atoms with E-state index in [2.05, 4.69) is 47.5 Å². The third-order valence-electron chi connectivity index (χ3n) is 3.57. The molecule has 0 aliphatic carbocycles. The Morgan fingerprint density at radius 1 is 1.22 bits per heavy atom. The van der Waals surface area contributed by atoms with Crippen LogP contribution in [0.25, 0.3) is 0 Å². The highest BCUT2D eigenvalue weighted by Gasteiger charge is 2.11. The summed E-state index contributed by atoms with van der Waals surface area (Å²) in [6.07, 6.45) is 4.68. The third-order valence-corrected chi connectivity index (χ3v) is 3.57. The molecule has 2 rings (SSSR count). The molecule has 0 bridgehead atoms. The molecule has 0 atom stereocenters. The molecule has 0 saturated carbocycles. The van der Waals surface area contributed by atoms with Crippen LogP contribution in [0.4, 0.5) is 0 Å². The first-order valence-electron chi connectivity index (χ1n) is 6.89. The van der Waals surface area contributed by atoms with Gasteiger partial charge in [0, 0.05) is 19.6 Å². The molecule has 0 unspecified atom stereocenters. The largest absolute Gasteiger partial charge is 0.319 e. The van der Waals surface area contributed by atoms with Crippen molar-refractivity contribution < 1.29 is 0 Å². The fourth-order valence-corrected chi connectivity index (χ4v) is 2.58. The van der Waals surface area contributed by atoms with Gasteiger partial charge in [0.15, 0.2) is 0 Å². The Morgan fingerprint density at radius 2 is 2.00 bits per heavy atom. The van der Waals surface area contributed by atoms with Gasteiger partial charge in [0.1, 0.15) is 0 Å². The average Bonchev–Trinajstić information content (AvgIpc) is 2.38. The predicted octanol–water partition coefficient (Wildman–Crippen LogP) is 2.60. The van der Waals surface area contributed by atoms with Gasteiger partial charge in [0.05, 0.1) is 0 Å². The topological polar surface area (TPSA) is 15.3 Å². The number of hydrogen-bond donors (Lipinski definition) is 1. The number of likely N-dealkylation sites (N-methyl/N-ethyl adjacent to an activating group) is 1. The first kappa shape index (κ1) is 13.3. The summed E-state index contributed by atoms with van der Waals surface area (Å²) in [5.74, 6) is 0.